The Balaban J connectivity index is 1.00. The predicted molar refractivity (Wildman–Crippen MR) is 213 cm³/mol. The second kappa shape index (κ2) is 14.9. The summed E-state index contributed by atoms with van der Waals surface area (Å²) in [6.07, 6.45) is 4.78. The summed E-state index contributed by atoms with van der Waals surface area (Å²) in [5, 5.41) is 21.7. The van der Waals surface area contributed by atoms with Crippen LogP contribution in [0, 0.1) is 24.2 Å². The zero-order valence-electron chi connectivity index (χ0n) is 31.9. The second-order valence-electron chi connectivity index (χ2n) is 15.7. The minimum Gasteiger partial charge on any atom is -0.481 e. The van der Waals surface area contributed by atoms with Crippen molar-refractivity contribution in [3.63, 3.8) is 0 Å². The number of aromatic nitrogens is 1. The van der Waals surface area contributed by atoms with Crippen molar-refractivity contribution in [3.05, 3.63) is 98.6 Å². The quantitative estimate of drug-likeness (QED) is 0.147. The highest BCUT2D eigenvalue weighted by atomic mass is 35.5. The van der Waals surface area contributed by atoms with E-state index >= 15 is 0 Å². The van der Waals surface area contributed by atoms with Gasteiger partial charge in [-0.2, -0.15) is 10.2 Å². The van der Waals surface area contributed by atoms with Crippen LogP contribution in [0.25, 0.3) is 33.4 Å². The standard InChI is InChI=1S/C45H45ClN4O6/c1-25-30(32-9-5-11-35-34(32)13-14-40(35)56-44-38(46)18-27(43(48-44)53-2)21-49-16-15-29(51)24-49)7-4-8-31(25)41-19-37-33-10-6-12-39(50-22-28(23-50)45(52)54-3)36(33)17-26(20-47)42(37)55-41/h4-5,7-9,11,17-19,28-29,39-40,51H,6,10,12-16,21-24H2,1-3H3/t29-,39?,40+/m1/s1. The van der Waals surface area contributed by atoms with Crippen molar-refractivity contribution in [3.8, 4) is 40.3 Å². The van der Waals surface area contributed by atoms with Gasteiger partial charge in [0.05, 0.1) is 31.8 Å². The molecule has 2 aliphatic carbocycles. The molecular formula is C45H45ClN4O6. The fraction of sp³-hybridized carbons (Fsp3) is 0.400. The van der Waals surface area contributed by atoms with Crippen LogP contribution >= 0.6 is 11.6 Å². The van der Waals surface area contributed by atoms with E-state index in [9.17, 15) is 15.2 Å². The number of furan rings is 1. The number of benzene rings is 3. The molecule has 5 aromatic rings. The third-order valence-corrected chi connectivity index (χ3v) is 12.7. The fourth-order valence-electron chi connectivity index (χ4n) is 9.54. The van der Waals surface area contributed by atoms with Crippen molar-refractivity contribution in [2.75, 3.05) is 40.4 Å². The number of ether oxygens (including phenoxy) is 3. The highest BCUT2D eigenvalue weighted by Crippen LogP contribution is 2.46. The maximum absolute atomic E-state index is 12.1. The Morgan fingerprint density at radius 1 is 0.982 bits per heavy atom. The van der Waals surface area contributed by atoms with Crippen LogP contribution in [0.5, 0.6) is 11.8 Å². The summed E-state index contributed by atoms with van der Waals surface area (Å²) in [5.41, 5.74) is 11.2. The number of aryl methyl sites for hydroxylation is 1. The van der Waals surface area contributed by atoms with Crippen molar-refractivity contribution in [2.45, 2.75) is 70.2 Å². The lowest BCUT2D eigenvalue weighted by Gasteiger charge is -2.45. The SMILES string of the molecule is COC(=O)C1CN(C2CCCc3c2cc(C#N)c2oc(-c4cccc(-c5cccc6c5CC[C@@H]6Oc5nc(OC)c(CN6CC[C@@H](O)C6)cc5Cl)c4C)cc32)C1. The lowest BCUT2D eigenvalue weighted by atomic mass is 9.81. The molecule has 2 aromatic heterocycles. The first-order chi connectivity index (χ1) is 27.2. The van der Waals surface area contributed by atoms with Gasteiger partial charge in [-0.1, -0.05) is 48.0 Å². The molecule has 0 radical (unpaired) electrons. The maximum Gasteiger partial charge on any atom is 0.311 e. The summed E-state index contributed by atoms with van der Waals surface area (Å²) < 4.78 is 23.8. The third-order valence-electron chi connectivity index (χ3n) is 12.4. The van der Waals surface area contributed by atoms with Crippen LogP contribution < -0.4 is 9.47 Å². The molecule has 2 fully saturated rings. The Labute approximate surface area is 331 Å². The molecule has 3 aromatic carbocycles. The van der Waals surface area contributed by atoms with Gasteiger partial charge in [0.15, 0.2) is 5.58 Å². The van der Waals surface area contributed by atoms with E-state index in [1.54, 1.807) is 7.11 Å². The van der Waals surface area contributed by atoms with E-state index in [1.165, 1.54) is 23.8 Å². The van der Waals surface area contributed by atoms with Gasteiger partial charge in [-0.05, 0) is 103 Å². The topological polar surface area (TPSA) is 121 Å². The summed E-state index contributed by atoms with van der Waals surface area (Å²) in [6.45, 7) is 5.51. The monoisotopic (exact) mass is 772 g/mol. The number of likely N-dealkylation sites (tertiary alicyclic amines) is 2. The van der Waals surface area contributed by atoms with Crippen molar-refractivity contribution in [1.82, 2.24) is 14.8 Å². The molecule has 288 valence electrons. The summed E-state index contributed by atoms with van der Waals surface area (Å²) in [7, 11) is 3.05. The number of methoxy groups -OCH3 is 2. The number of hydrogen-bond donors (Lipinski definition) is 1. The number of hydrogen-bond acceptors (Lipinski definition) is 10. The van der Waals surface area contributed by atoms with E-state index < -0.39 is 0 Å². The van der Waals surface area contributed by atoms with Gasteiger partial charge in [-0.15, -0.1) is 0 Å². The average molecular weight is 773 g/mol. The Morgan fingerprint density at radius 2 is 1.79 bits per heavy atom. The molecule has 1 unspecified atom stereocenters. The number of nitrogens with zero attached hydrogens (tertiary/aromatic N) is 4. The Hall–Kier alpha value is -4.92. The van der Waals surface area contributed by atoms with Crippen molar-refractivity contribution in [2.24, 2.45) is 5.92 Å². The zero-order chi connectivity index (χ0) is 38.7. The van der Waals surface area contributed by atoms with Gasteiger partial charge in [0.2, 0.25) is 11.8 Å². The van der Waals surface area contributed by atoms with E-state index in [0.717, 1.165) is 89.6 Å². The van der Waals surface area contributed by atoms with Crippen LogP contribution in [0.3, 0.4) is 0 Å². The Bertz CT molecular complexity index is 2400. The molecular weight excluding hydrogens is 728 g/mol. The molecule has 0 spiro atoms. The van der Waals surface area contributed by atoms with Crippen LogP contribution in [-0.4, -0.2) is 72.4 Å². The fourth-order valence-corrected chi connectivity index (χ4v) is 9.76. The lowest BCUT2D eigenvalue weighted by molar-refractivity contribution is -0.152. The molecule has 4 aliphatic rings. The van der Waals surface area contributed by atoms with E-state index in [2.05, 4.69) is 65.3 Å². The summed E-state index contributed by atoms with van der Waals surface area (Å²) in [6, 6.07) is 21.3. The van der Waals surface area contributed by atoms with Crippen LogP contribution in [0.1, 0.15) is 76.8 Å². The first-order valence-corrected chi connectivity index (χ1v) is 20.0. The van der Waals surface area contributed by atoms with Gasteiger partial charge in [0.25, 0.3) is 0 Å². The predicted octanol–water partition coefficient (Wildman–Crippen LogP) is 8.12. The number of rotatable bonds is 9. The Morgan fingerprint density at radius 3 is 2.55 bits per heavy atom. The summed E-state index contributed by atoms with van der Waals surface area (Å²) in [4.78, 5) is 21.3. The zero-order valence-corrected chi connectivity index (χ0v) is 32.7. The number of fused-ring (bicyclic) bond motifs is 4. The number of nitriles is 1. The number of aliphatic hydroxyl groups excluding tert-OH is 1. The smallest absolute Gasteiger partial charge is 0.311 e. The molecule has 9 rings (SSSR count). The molecule has 10 nitrogen and oxygen atoms in total. The number of aliphatic hydroxyl groups is 1. The second-order valence-corrected chi connectivity index (χ2v) is 16.1. The number of β-amino-alcohol motifs (C(OH)–C–C–N with tert-alkyl or cyclic N) is 1. The van der Waals surface area contributed by atoms with Crippen LogP contribution in [0.15, 0.2) is 59.0 Å². The molecule has 2 aliphatic heterocycles. The average Bonchev–Trinajstić information content (AvgIpc) is 3.93. The van der Waals surface area contributed by atoms with Gasteiger partial charge in [0, 0.05) is 55.3 Å². The van der Waals surface area contributed by atoms with Gasteiger partial charge in [-0.25, -0.2) is 0 Å². The number of halogens is 1. The van der Waals surface area contributed by atoms with Crippen LogP contribution in [0.2, 0.25) is 5.02 Å². The van der Waals surface area contributed by atoms with Crippen molar-refractivity contribution < 1.29 is 28.5 Å². The van der Waals surface area contributed by atoms with Gasteiger partial charge in [-0.3, -0.25) is 14.6 Å². The largest absolute Gasteiger partial charge is 0.481 e. The molecule has 2 saturated heterocycles. The molecule has 0 amide bonds. The first kappa shape index (κ1) is 36.7. The number of esters is 1. The summed E-state index contributed by atoms with van der Waals surface area (Å²) >= 11 is 6.78. The molecule has 3 atom stereocenters. The molecule has 56 heavy (non-hydrogen) atoms. The van der Waals surface area contributed by atoms with Crippen molar-refractivity contribution in [1.29, 1.82) is 5.26 Å². The minimum absolute atomic E-state index is 0.0937. The third kappa shape index (κ3) is 6.41. The van der Waals surface area contributed by atoms with E-state index in [4.69, 9.17) is 35.2 Å². The molecule has 0 bridgehead atoms. The van der Waals surface area contributed by atoms with E-state index in [0.29, 0.717) is 54.1 Å². The van der Waals surface area contributed by atoms with E-state index in [1.807, 2.05) is 12.1 Å². The highest BCUT2D eigenvalue weighted by Gasteiger charge is 2.40. The van der Waals surface area contributed by atoms with Crippen molar-refractivity contribution >= 4 is 28.5 Å². The normalized spacial score (nSPS) is 21.0. The summed E-state index contributed by atoms with van der Waals surface area (Å²) in [5.74, 6) is 1.32. The molecule has 4 heterocycles. The van der Waals surface area contributed by atoms with Gasteiger partial charge in [0.1, 0.15) is 23.0 Å². The first-order valence-electron chi connectivity index (χ1n) is 19.6. The molecule has 0 saturated carbocycles. The van der Waals surface area contributed by atoms with Gasteiger partial charge >= 0.3 is 5.97 Å². The van der Waals surface area contributed by atoms with E-state index in [-0.39, 0.29) is 30.1 Å². The van der Waals surface area contributed by atoms with Crippen LogP contribution in [-0.2, 0) is 28.9 Å². The molecule has 11 heteroatoms. The number of carbonyl (C=O) groups excluding carboxylic acids is 1. The molecule has 1 N–H and O–H groups in total. The van der Waals surface area contributed by atoms with Crippen LogP contribution in [0.4, 0.5) is 0 Å². The minimum atomic E-state index is -0.311. The maximum atomic E-state index is 12.1. The van der Waals surface area contributed by atoms with Gasteiger partial charge < -0.3 is 23.7 Å². The Kier molecular flexibility index (Phi) is 9.74. The highest BCUT2D eigenvalue weighted by molar-refractivity contribution is 6.31. The number of pyridine rings is 1. The lowest BCUT2D eigenvalue weighted by Crippen LogP contribution is -2.52. The number of carbonyl (C=O) groups is 1.